The lowest BCUT2D eigenvalue weighted by molar-refractivity contribution is 0.271. The lowest BCUT2D eigenvalue weighted by Crippen LogP contribution is -2.04. The second kappa shape index (κ2) is 7.20. The molecule has 0 aliphatic rings. The topological polar surface area (TPSA) is 43.4 Å². The second-order valence-corrected chi connectivity index (χ2v) is 9.36. The third-order valence-corrected chi connectivity index (χ3v) is 6.27. The molecule has 0 spiro atoms. The third-order valence-electron chi connectivity index (χ3n) is 2.92. The fraction of sp³-hybridized carbons (Fsp3) is 0.294. The monoisotopic (exact) mass is 336 g/mol. The van der Waals surface area contributed by atoms with E-state index in [1.165, 1.54) is 0 Å². The van der Waals surface area contributed by atoms with Crippen LogP contribution in [0, 0.1) is 12.8 Å². The molecule has 3 nitrogen and oxygen atoms in total. The summed E-state index contributed by atoms with van der Waals surface area (Å²) in [6, 6.07) is 14.0. The normalized spacial score (nSPS) is 11.6. The minimum absolute atomic E-state index is 0.322. The van der Waals surface area contributed by atoms with E-state index in [9.17, 15) is 8.42 Å². The van der Waals surface area contributed by atoms with Gasteiger partial charge in [-0.15, -0.1) is 0 Å². The molecule has 0 aliphatic carbocycles. The van der Waals surface area contributed by atoms with Crippen molar-refractivity contribution >= 4 is 19.7 Å². The van der Waals surface area contributed by atoms with Gasteiger partial charge in [0.25, 0.3) is 0 Å². The number of aryl methyl sites for hydroxylation is 1. The maximum absolute atomic E-state index is 12.3. The van der Waals surface area contributed by atoms with Crippen molar-refractivity contribution < 1.29 is 13.2 Å². The van der Waals surface area contributed by atoms with Gasteiger partial charge in [-0.1, -0.05) is 31.5 Å². The molecule has 2 aromatic carbocycles. The minimum atomic E-state index is -3.39. The molecular formula is C17H20O3S2. The number of hydrogen-bond acceptors (Lipinski definition) is 4. The Hall–Kier alpha value is -1.46. The molecule has 0 aromatic heterocycles. The predicted octanol–water partition coefficient (Wildman–Crippen LogP) is 4.51. The van der Waals surface area contributed by atoms with Crippen molar-refractivity contribution in [3.63, 3.8) is 0 Å². The molecule has 0 bridgehead atoms. The van der Waals surface area contributed by atoms with Gasteiger partial charge in [0.2, 0.25) is 8.87 Å². The van der Waals surface area contributed by atoms with E-state index < -0.39 is 8.87 Å². The van der Waals surface area contributed by atoms with Gasteiger partial charge in [0.05, 0.1) is 11.5 Å². The van der Waals surface area contributed by atoms with Gasteiger partial charge in [0, 0.05) is 15.7 Å². The Balaban J connectivity index is 2.08. The van der Waals surface area contributed by atoms with Crippen LogP contribution < -0.4 is 4.74 Å². The van der Waals surface area contributed by atoms with Gasteiger partial charge < -0.3 is 4.74 Å². The molecule has 0 N–H and O–H groups in total. The Kier molecular flexibility index (Phi) is 5.53. The molecule has 0 aliphatic heterocycles. The van der Waals surface area contributed by atoms with Gasteiger partial charge in [0.15, 0.2) is 0 Å². The smallest absolute Gasteiger partial charge is 0.234 e. The predicted molar refractivity (Wildman–Crippen MR) is 91.0 cm³/mol. The molecule has 5 heteroatoms. The SMILES string of the molecule is Cc1ccc(S(=O)(=O)Sc2ccc(OCC(C)C)cc2)cc1. The summed E-state index contributed by atoms with van der Waals surface area (Å²) < 4.78 is 30.3. The molecule has 0 saturated heterocycles. The third kappa shape index (κ3) is 4.78. The van der Waals surface area contributed by atoms with Crippen LogP contribution in [0.5, 0.6) is 5.75 Å². The van der Waals surface area contributed by atoms with E-state index in [-0.39, 0.29) is 0 Å². The van der Waals surface area contributed by atoms with E-state index >= 15 is 0 Å². The molecule has 0 unspecified atom stereocenters. The number of ether oxygens (including phenoxy) is 1. The zero-order valence-electron chi connectivity index (χ0n) is 12.9. The van der Waals surface area contributed by atoms with Crippen LogP contribution in [0.25, 0.3) is 0 Å². The first-order valence-corrected chi connectivity index (χ1v) is 9.92. The van der Waals surface area contributed by atoms with Crippen LogP contribution >= 0.6 is 10.8 Å². The first kappa shape index (κ1) is 16.9. The summed E-state index contributed by atoms with van der Waals surface area (Å²) in [5.74, 6) is 1.21. The molecular weight excluding hydrogens is 316 g/mol. The van der Waals surface area contributed by atoms with Crippen LogP contribution in [0.15, 0.2) is 58.3 Å². The summed E-state index contributed by atoms with van der Waals surface area (Å²) >= 11 is 0. The summed E-state index contributed by atoms with van der Waals surface area (Å²) in [6.07, 6.45) is 0. The molecule has 2 rings (SSSR count). The van der Waals surface area contributed by atoms with Crippen molar-refractivity contribution in [2.75, 3.05) is 6.61 Å². The van der Waals surface area contributed by atoms with Gasteiger partial charge in [-0.05, 0) is 49.2 Å². The number of hydrogen-bond donors (Lipinski definition) is 0. The highest BCUT2D eigenvalue weighted by Crippen LogP contribution is 2.31. The molecule has 2 aromatic rings. The summed E-state index contributed by atoms with van der Waals surface area (Å²) in [5, 5.41) is 0. The Labute approximate surface area is 136 Å². The number of benzene rings is 2. The highest BCUT2D eigenvalue weighted by atomic mass is 33.1. The Morgan fingerprint density at radius 1 is 1.00 bits per heavy atom. The van der Waals surface area contributed by atoms with Gasteiger partial charge in [-0.2, -0.15) is 0 Å². The van der Waals surface area contributed by atoms with Crippen molar-refractivity contribution in [1.82, 2.24) is 0 Å². The lowest BCUT2D eigenvalue weighted by Gasteiger charge is -2.09. The van der Waals surface area contributed by atoms with E-state index in [1.807, 2.05) is 6.92 Å². The Bertz CT molecular complexity index is 703. The molecule has 0 atom stereocenters. The van der Waals surface area contributed by atoms with Crippen LogP contribution in [0.4, 0.5) is 0 Å². The quantitative estimate of drug-likeness (QED) is 0.728. The van der Waals surface area contributed by atoms with Crippen molar-refractivity contribution in [1.29, 1.82) is 0 Å². The highest BCUT2D eigenvalue weighted by Gasteiger charge is 2.16. The molecule has 0 radical (unpaired) electrons. The maximum atomic E-state index is 12.3. The largest absolute Gasteiger partial charge is 0.493 e. The first-order valence-electron chi connectivity index (χ1n) is 7.11. The average Bonchev–Trinajstić information content (AvgIpc) is 2.46. The molecule has 0 fully saturated rings. The Morgan fingerprint density at radius 2 is 1.59 bits per heavy atom. The van der Waals surface area contributed by atoms with Crippen LogP contribution in [-0.4, -0.2) is 15.0 Å². The molecule has 22 heavy (non-hydrogen) atoms. The van der Waals surface area contributed by atoms with Crippen LogP contribution in [0.3, 0.4) is 0 Å². The minimum Gasteiger partial charge on any atom is -0.493 e. The second-order valence-electron chi connectivity index (χ2n) is 5.53. The van der Waals surface area contributed by atoms with Crippen molar-refractivity contribution in [3.05, 3.63) is 54.1 Å². The van der Waals surface area contributed by atoms with Gasteiger partial charge >= 0.3 is 0 Å². The van der Waals surface area contributed by atoms with E-state index in [0.717, 1.165) is 22.1 Å². The molecule has 0 heterocycles. The summed E-state index contributed by atoms with van der Waals surface area (Å²) in [5.41, 5.74) is 1.04. The van der Waals surface area contributed by atoms with Crippen LogP contribution in [0.2, 0.25) is 0 Å². The van der Waals surface area contributed by atoms with Crippen LogP contribution in [-0.2, 0) is 8.87 Å². The van der Waals surface area contributed by atoms with E-state index in [1.54, 1.807) is 48.5 Å². The Morgan fingerprint density at radius 3 is 2.14 bits per heavy atom. The molecule has 0 saturated carbocycles. The number of rotatable bonds is 6. The fourth-order valence-corrected chi connectivity index (χ4v) is 4.52. The van der Waals surface area contributed by atoms with Gasteiger partial charge in [-0.3, -0.25) is 0 Å². The maximum Gasteiger partial charge on any atom is 0.234 e. The zero-order chi connectivity index (χ0) is 16.2. The van der Waals surface area contributed by atoms with E-state index in [0.29, 0.717) is 22.3 Å². The lowest BCUT2D eigenvalue weighted by atomic mass is 10.2. The summed E-state index contributed by atoms with van der Waals surface area (Å²) in [4.78, 5) is 1.00. The average molecular weight is 336 g/mol. The standard InChI is InChI=1S/C17H20O3S2/c1-13(2)12-20-15-6-8-16(9-7-15)21-22(18,19)17-10-4-14(3)5-11-17/h4-11,13H,12H2,1-3H3. The van der Waals surface area contributed by atoms with Gasteiger partial charge in [-0.25, -0.2) is 8.42 Å². The molecule has 118 valence electrons. The van der Waals surface area contributed by atoms with Crippen molar-refractivity contribution in [2.24, 2.45) is 5.92 Å². The first-order chi connectivity index (χ1) is 10.4. The fourth-order valence-electron chi connectivity index (χ4n) is 1.73. The summed E-state index contributed by atoms with van der Waals surface area (Å²) in [7, 11) is -2.54. The molecule has 0 amide bonds. The van der Waals surface area contributed by atoms with E-state index in [2.05, 4.69) is 13.8 Å². The summed E-state index contributed by atoms with van der Waals surface area (Å²) in [6.45, 7) is 6.74. The van der Waals surface area contributed by atoms with Crippen molar-refractivity contribution in [3.8, 4) is 5.75 Å². The van der Waals surface area contributed by atoms with E-state index in [4.69, 9.17) is 4.74 Å². The van der Waals surface area contributed by atoms with Gasteiger partial charge in [0.1, 0.15) is 5.75 Å². The zero-order valence-corrected chi connectivity index (χ0v) is 14.6. The van der Waals surface area contributed by atoms with Crippen molar-refractivity contribution in [2.45, 2.75) is 30.6 Å². The van der Waals surface area contributed by atoms with Crippen LogP contribution in [0.1, 0.15) is 19.4 Å². The highest BCUT2D eigenvalue weighted by molar-refractivity contribution is 8.72.